The molecule has 0 unspecified atom stereocenters. The van der Waals surface area contributed by atoms with E-state index >= 15 is 0 Å². The van der Waals surface area contributed by atoms with Crippen LogP contribution in [0.3, 0.4) is 0 Å². The second kappa shape index (κ2) is 6.22. The largest absolute Gasteiger partial charge is 0.326 e. The number of anilines is 1. The Morgan fingerprint density at radius 1 is 1.38 bits per heavy atom. The summed E-state index contributed by atoms with van der Waals surface area (Å²) in [5.74, 6) is 0.492. The van der Waals surface area contributed by atoms with E-state index in [2.05, 4.69) is 27.8 Å². The summed E-state index contributed by atoms with van der Waals surface area (Å²) in [6, 6.07) is 7.87. The fourth-order valence-electron chi connectivity index (χ4n) is 2.54. The van der Waals surface area contributed by atoms with E-state index in [0.29, 0.717) is 12.3 Å². The number of nitrogens with zero attached hydrogens (tertiary/aromatic N) is 1. The van der Waals surface area contributed by atoms with Gasteiger partial charge in [0.05, 0.1) is 10.7 Å². The molecule has 1 aromatic carbocycles. The van der Waals surface area contributed by atoms with Crippen LogP contribution in [-0.2, 0) is 4.79 Å². The maximum atomic E-state index is 12.0. The van der Waals surface area contributed by atoms with Gasteiger partial charge in [0.25, 0.3) is 0 Å². The maximum Gasteiger partial charge on any atom is 0.224 e. The van der Waals surface area contributed by atoms with Crippen LogP contribution in [0.1, 0.15) is 24.3 Å². The molecule has 0 saturated heterocycles. The number of amides is 1. The third-order valence-corrected chi connectivity index (χ3v) is 4.42. The number of aromatic nitrogens is 1. The summed E-state index contributed by atoms with van der Waals surface area (Å²) in [5, 5.41) is 6.08. The summed E-state index contributed by atoms with van der Waals surface area (Å²) < 4.78 is 0. The predicted octanol–water partition coefficient (Wildman–Crippen LogP) is 4.41. The van der Waals surface area contributed by atoms with Crippen molar-refractivity contribution in [2.75, 3.05) is 5.32 Å². The fraction of sp³-hybridized carbons (Fsp3) is 0.294. The number of thiazole rings is 1. The third-order valence-electron chi connectivity index (χ3n) is 3.64. The Hall–Kier alpha value is -1.94. The molecule has 1 aliphatic carbocycles. The zero-order valence-electron chi connectivity index (χ0n) is 12.0. The number of hydrogen-bond acceptors (Lipinski definition) is 3. The van der Waals surface area contributed by atoms with E-state index in [4.69, 9.17) is 0 Å². The first-order valence-electron chi connectivity index (χ1n) is 7.20. The van der Waals surface area contributed by atoms with Crippen LogP contribution in [0, 0.1) is 12.8 Å². The molecule has 4 heteroatoms. The van der Waals surface area contributed by atoms with E-state index < -0.39 is 0 Å². The molecule has 2 aromatic rings. The molecule has 108 valence electrons. The second-order valence-corrected chi connectivity index (χ2v) is 6.41. The molecule has 0 saturated carbocycles. The van der Waals surface area contributed by atoms with E-state index in [0.717, 1.165) is 34.8 Å². The molecule has 3 rings (SSSR count). The molecule has 1 atom stereocenters. The number of nitrogens with one attached hydrogen (secondary N) is 1. The summed E-state index contributed by atoms with van der Waals surface area (Å²) in [6.07, 6.45) is 7.06. The monoisotopic (exact) mass is 298 g/mol. The van der Waals surface area contributed by atoms with Gasteiger partial charge >= 0.3 is 0 Å². The minimum atomic E-state index is 0.0869. The number of aryl methyl sites for hydroxylation is 1. The Morgan fingerprint density at radius 3 is 2.81 bits per heavy atom. The number of allylic oxidation sites excluding steroid dienone is 2. The number of carbonyl (C=O) groups is 1. The normalized spacial score (nSPS) is 17.1. The average Bonchev–Trinajstić information content (AvgIpc) is 3.11. The van der Waals surface area contributed by atoms with Crippen molar-refractivity contribution in [3.8, 4) is 11.3 Å². The standard InChI is InChI=1S/C17H18N2OS/c1-12-18-16(11-21-12)14-6-8-15(9-7-14)19-17(20)10-13-4-2-3-5-13/h2,4,6-9,11,13H,3,5,10H2,1H3,(H,19,20)/t13-/m0/s1. The zero-order valence-corrected chi connectivity index (χ0v) is 12.8. The number of carbonyl (C=O) groups excluding carboxylic acids is 1. The van der Waals surface area contributed by atoms with Crippen LogP contribution in [0.2, 0.25) is 0 Å². The van der Waals surface area contributed by atoms with E-state index in [1.807, 2.05) is 31.2 Å². The van der Waals surface area contributed by atoms with Crippen molar-refractivity contribution in [3.05, 3.63) is 46.8 Å². The summed E-state index contributed by atoms with van der Waals surface area (Å²) in [6.45, 7) is 2.00. The van der Waals surface area contributed by atoms with Crippen LogP contribution in [0.25, 0.3) is 11.3 Å². The van der Waals surface area contributed by atoms with Crippen LogP contribution in [0.15, 0.2) is 41.8 Å². The smallest absolute Gasteiger partial charge is 0.224 e. The summed E-state index contributed by atoms with van der Waals surface area (Å²) in [7, 11) is 0. The van der Waals surface area contributed by atoms with E-state index in [-0.39, 0.29) is 5.91 Å². The van der Waals surface area contributed by atoms with E-state index in [1.54, 1.807) is 11.3 Å². The van der Waals surface area contributed by atoms with Crippen molar-refractivity contribution >= 4 is 22.9 Å². The molecular weight excluding hydrogens is 280 g/mol. The van der Waals surface area contributed by atoms with Gasteiger partial charge in [0, 0.05) is 23.1 Å². The van der Waals surface area contributed by atoms with Crippen LogP contribution in [0.4, 0.5) is 5.69 Å². The first-order valence-corrected chi connectivity index (χ1v) is 8.08. The van der Waals surface area contributed by atoms with Gasteiger partial charge in [0.1, 0.15) is 0 Å². The molecule has 1 aromatic heterocycles. The molecule has 0 fully saturated rings. The quantitative estimate of drug-likeness (QED) is 0.849. The molecule has 0 aliphatic heterocycles. The summed E-state index contributed by atoms with van der Waals surface area (Å²) in [4.78, 5) is 16.4. The maximum absolute atomic E-state index is 12.0. The Morgan fingerprint density at radius 2 is 2.19 bits per heavy atom. The van der Waals surface area contributed by atoms with Gasteiger partial charge in [-0.25, -0.2) is 4.98 Å². The Bertz CT molecular complexity index is 658. The first kappa shape index (κ1) is 14.0. The number of hydrogen-bond donors (Lipinski definition) is 1. The van der Waals surface area contributed by atoms with Gasteiger partial charge in [-0.05, 0) is 37.8 Å². The van der Waals surface area contributed by atoms with Crippen LogP contribution in [0.5, 0.6) is 0 Å². The van der Waals surface area contributed by atoms with Crippen molar-refractivity contribution in [3.63, 3.8) is 0 Å². The Kier molecular flexibility index (Phi) is 4.15. The molecule has 3 nitrogen and oxygen atoms in total. The van der Waals surface area contributed by atoms with Crippen molar-refractivity contribution in [2.24, 2.45) is 5.92 Å². The SMILES string of the molecule is Cc1nc(-c2ccc(NC(=O)C[C@H]3C=CCC3)cc2)cs1. The lowest BCUT2D eigenvalue weighted by Crippen LogP contribution is -2.14. The molecule has 0 spiro atoms. The lowest BCUT2D eigenvalue weighted by atomic mass is 10.0. The lowest BCUT2D eigenvalue weighted by Gasteiger charge is -2.09. The van der Waals surface area contributed by atoms with Crippen LogP contribution < -0.4 is 5.32 Å². The molecule has 1 heterocycles. The molecule has 1 amide bonds. The summed E-state index contributed by atoms with van der Waals surface area (Å²) >= 11 is 1.64. The minimum absolute atomic E-state index is 0.0869. The highest BCUT2D eigenvalue weighted by atomic mass is 32.1. The van der Waals surface area contributed by atoms with Gasteiger partial charge in [-0.15, -0.1) is 11.3 Å². The predicted molar refractivity (Wildman–Crippen MR) is 87.4 cm³/mol. The Balaban J connectivity index is 1.61. The summed E-state index contributed by atoms with van der Waals surface area (Å²) in [5.41, 5.74) is 2.92. The fourth-order valence-corrected chi connectivity index (χ4v) is 3.16. The zero-order chi connectivity index (χ0) is 14.7. The highest BCUT2D eigenvalue weighted by Crippen LogP contribution is 2.24. The van der Waals surface area contributed by atoms with Gasteiger partial charge in [-0.1, -0.05) is 24.3 Å². The van der Waals surface area contributed by atoms with Gasteiger partial charge in [-0.3, -0.25) is 4.79 Å². The number of benzene rings is 1. The minimum Gasteiger partial charge on any atom is -0.326 e. The Labute approximate surface area is 128 Å². The highest BCUT2D eigenvalue weighted by Gasteiger charge is 2.14. The molecular formula is C17H18N2OS. The second-order valence-electron chi connectivity index (χ2n) is 5.35. The average molecular weight is 298 g/mol. The lowest BCUT2D eigenvalue weighted by molar-refractivity contribution is -0.116. The topological polar surface area (TPSA) is 42.0 Å². The number of rotatable bonds is 4. The molecule has 21 heavy (non-hydrogen) atoms. The van der Waals surface area contributed by atoms with E-state index in [1.165, 1.54) is 0 Å². The van der Waals surface area contributed by atoms with Gasteiger partial charge in [0.2, 0.25) is 5.91 Å². The molecule has 0 bridgehead atoms. The molecule has 1 N–H and O–H groups in total. The third kappa shape index (κ3) is 3.58. The molecule has 1 aliphatic rings. The van der Waals surface area contributed by atoms with Crippen molar-refractivity contribution in [1.29, 1.82) is 0 Å². The van der Waals surface area contributed by atoms with Crippen LogP contribution in [-0.4, -0.2) is 10.9 Å². The van der Waals surface area contributed by atoms with Crippen LogP contribution >= 0.6 is 11.3 Å². The van der Waals surface area contributed by atoms with Gasteiger partial charge < -0.3 is 5.32 Å². The van der Waals surface area contributed by atoms with Crippen molar-refractivity contribution in [2.45, 2.75) is 26.2 Å². The first-order chi connectivity index (χ1) is 10.2. The van der Waals surface area contributed by atoms with Crippen molar-refractivity contribution in [1.82, 2.24) is 4.98 Å². The highest BCUT2D eigenvalue weighted by molar-refractivity contribution is 7.09. The van der Waals surface area contributed by atoms with E-state index in [9.17, 15) is 4.79 Å². The van der Waals surface area contributed by atoms with Gasteiger partial charge in [-0.2, -0.15) is 0 Å². The van der Waals surface area contributed by atoms with Gasteiger partial charge in [0.15, 0.2) is 0 Å². The molecule has 0 radical (unpaired) electrons. The van der Waals surface area contributed by atoms with Crippen molar-refractivity contribution < 1.29 is 4.79 Å².